The summed E-state index contributed by atoms with van der Waals surface area (Å²) in [6.07, 6.45) is 0.250. The lowest BCUT2D eigenvalue weighted by Gasteiger charge is -2.15. The molecule has 0 aromatic heterocycles. The minimum absolute atomic E-state index is 0.250. The molecule has 0 aliphatic carbocycles. The first-order valence-electron chi connectivity index (χ1n) is 2.71. The molecule has 0 atom stereocenters. The second-order valence-corrected chi connectivity index (χ2v) is 4.11. The number of halogens is 3. The lowest BCUT2D eigenvalue weighted by Crippen LogP contribution is -2.33. The van der Waals surface area contributed by atoms with Gasteiger partial charge in [0.1, 0.15) is 0 Å². The SMILES string of the molecule is CN(C)C(=O)C(Cl)(Cl)Cl.NC=O. The van der Waals surface area contributed by atoms with E-state index in [0.717, 1.165) is 0 Å². The molecule has 12 heavy (non-hydrogen) atoms. The van der Waals surface area contributed by atoms with Gasteiger partial charge in [0.05, 0.1) is 0 Å². The number of amides is 2. The van der Waals surface area contributed by atoms with Gasteiger partial charge in [-0.05, 0) is 0 Å². The molecule has 0 aliphatic rings. The van der Waals surface area contributed by atoms with Crippen molar-refractivity contribution in [2.24, 2.45) is 5.73 Å². The fraction of sp³-hybridized carbons (Fsp3) is 0.600. The van der Waals surface area contributed by atoms with Gasteiger partial charge in [-0.15, -0.1) is 0 Å². The van der Waals surface area contributed by atoms with Crippen LogP contribution in [-0.4, -0.2) is 35.1 Å². The summed E-state index contributed by atoms with van der Waals surface area (Å²) in [4.78, 5) is 20.5. The minimum Gasteiger partial charge on any atom is -0.372 e. The predicted octanol–water partition coefficient (Wildman–Crippen LogP) is 0.546. The molecule has 0 unspecified atom stereocenters. The number of rotatable bonds is 0. The number of primary amides is 1. The minimum atomic E-state index is -1.82. The maximum absolute atomic E-state index is 10.7. The highest BCUT2D eigenvalue weighted by Crippen LogP contribution is 2.27. The summed E-state index contributed by atoms with van der Waals surface area (Å²) in [7, 11) is 3.04. The third kappa shape index (κ3) is 7.91. The normalized spacial score (nSPS) is 9.42. The molecule has 4 nitrogen and oxygen atoms in total. The van der Waals surface area contributed by atoms with Crippen molar-refractivity contribution in [3.63, 3.8) is 0 Å². The van der Waals surface area contributed by atoms with Gasteiger partial charge in [-0.2, -0.15) is 0 Å². The lowest BCUT2D eigenvalue weighted by atomic mass is 10.6. The van der Waals surface area contributed by atoms with Crippen LogP contribution in [0.4, 0.5) is 0 Å². The van der Waals surface area contributed by atoms with E-state index in [1.165, 1.54) is 19.0 Å². The number of hydrogen-bond acceptors (Lipinski definition) is 2. The van der Waals surface area contributed by atoms with Crippen LogP contribution in [0.15, 0.2) is 0 Å². The zero-order valence-corrected chi connectivity index (χ0v) is 8.82. The van der Waals surface area contributed by atoms with Crippen LogP contribution in [0.3, 0.4) is 0 Å². The van der Waals surface area contributed by atoms with Crippen LogP contribution in [-0.2, 0) is 9.59 Å². The second-order valence-electron chi connectivity index (χ2n) is 1.83. The Labute approximate surface area is 85.5 Å². The van der Waals surface area contributed by atoms with Crippen molar-refractivity contribution in [3.05, 3.63) is 0 Å². The monoisotopic (exact) mass is 234 g/mol. The van der Waals surface area contributed by atoms with Crippen molar-refractivity contribution >= 4 is 47.1 Å². The number of carbonyl (C=O) groups is 2. The molecule has 7 heteroatoms. The Morgan fingerprint density at radius 3 is 1.67 bits per heavy atom. The maximum atomic E-state index is 10.7. The van der Waals surface area contributed by atoms with E-state index in [-0.39, 0.29) is 6.41 Å². The van der Waals surface area contributed by atoms with E-state index in [4.69, 9.17) is 39.6 Å². The molecule has 2 N–H and O–H groups in total. The molecular weight excluding hydrogens is 226 g/mol. The van der Waals surface area contributed by atoms with Crippen LogP contribution in [0.25, 0.3) is 0 Å². The highest BCUT2D eigenvalue weighted by atomic mass is 35.6. The van der Waals surface area contributed by atoms with E-state index >= 15 is 0 Å². The van der Waals surface area contributed by atoms with Gasteiger partial charge in [-0.3, -0.25) is 9.59 Å². The Balaban J connectivity index is 0. The van der Waals surface area contributed by atoms with Gasteiger partial charge in [0.25, 0.3) is 9.70 Å². The van der Waals surface area contributed by atoms with Gasteiger partial charge < -0.3 is 10.6 Å². The Hall–Kier alpha value is -0.190. The summed E-state index contributed by atoms with van der Waals surface area (Å²) in [6, 6.07) is 0. The van der Waals surface area contributed by atoms with E-state index in [1.807, 2.05) is 0 Å². The number of alkyl halides is 3. The zero-order valence-electron chi connectivity index (χ0n) is 6.55. The van der Waals surface area contributed by atoms with Gasteiger partial charge in [-0.25, -0.2) is 0 Å². The molecule has 2 amide bonds. The van der Waals surface area contributed by atoms with E-state index < -0.39 is 9.70 Å². The van der Waals surface area contributed by atoms with Crippen molar-refractivity contribution in [1.29, 1.82) is 0 Å². The van der Waals surface area contributed by atoms with E-state index in [0.29, 0.717) is 0 Å². The van der Waals surface area contributed by atoms with Crippen LogP contribution in [0, 0.1) is 0 Å². The van der Waals surface area contributed by atoms with Gasteiger partial charge in [-0.1, -0.05) is 34.8 Å². The van der Waals surface area contributed by atoms with E-state index in [9.17, 15) is 4.79 Å². The Bertz CT molecular complexity index is 155. The average Bonchev–Trinajstić information content (AvgIpc) is 1.85. The largest absolute Gasteiger partial charge is 0.372 e. The molecule has 0 fully saturated rings. The van der Waals surface area contributed by atoms with Crippen molar-refractivity contribution in [2.75, 3.05) is 14.1 Å². The third-order valence-corrected chi connectivity index (χ3v) is 1.13. The molecule has 0 aromatic rings. The van der Waals surface area contributed by atoms with Crippen LogP contribution in [0.2, 0.25) is 0 Å². The summed E-state index contributed by atoms with van der Waals surface area (Å²) < 4.78 is -1.82. The highest BCUT2D eigenvalue weighted by molar-refractivity contribution is 6.76. The molecule has 72 valence electrons. The van der Waals surface area contributed by atoms with Crippen molar-refractivity contribution < 1.29 is 9.59 Å². The highest BCUT2D eigenvalue weighted by Gasteiger charge is 2.31. The van der Waals surface area contributed by atoms with E-state index in [1.54, 1.807) is 0 Å². The third-order valence-electron chi connectivity index (χ3n) is 0.649. The molecule has 0 saturated heterocycles. The van der Waals surface area contributed by atoms with Crippen LogP contribution < -0.4 is 5.73 Å². The maximum Gasteiger partial charge on any atom is 0.274 e. The van der Waals surface area contributed by atoms with Crippen LogP contribution >= 0.6 is 34.8 Å². The topological polar surface area (TPSA) is 63.4 Å². The molecule has 0 bridgehead atoms. The molecule has 0 aromatic carbocycles. The van der Waals surface area contributed by atoms with Crippen LogP contribution in [0.5, 0.6) is 0 Å². The molecule has 0 rings (SSSR count). The Morgan fingerprint density at radius 2 is 1.67 bits per heavy atom. The summed E-state index contributed by atoms with van der Waals surface area (Å²) in [5.41, 5.74) is 4.17. The van der Waals surface area contributed by atoms with Gasteiger partial charge in [0.15, 0.2) is 0 Å². The molecular formula is C5H9Cl3N2O2. The molecule has 0 heterocycles. The second kappa shape index (κ2) is 6.34. The van der Waals surface area contributed by atoms with Crippen molar-refractivity contribution in [3.8, 4) is 0 Å². The van der Waals surface area contributed by atoms with Crippen molar-refractivity contribution in [2.45, 2.75) is 3.79 Å². The quantitative estimate of drug-likeness (QED) is 0.492. The Morgan fingerprint density at radius 1 is 1.42 bits per heavy atom. The van der Waals surface area contributed by atoms with Gasteiger partial charge >= 0.3 is 0 Å². The average molecular weight is 235 g/mol. The molecule has 0 spiro atoms. The smallest absolute Gasteiger partial charge is 0.274 e. The predicted molar refractivity (Wildman–Crippen MR) is 49.2 cm³/mol. The van der Waals surface area contributed by atoms with Crippen molar-refractivity contribution in [1.82, 2.24) is 4.90 Å². The number of nitrogens with zero attached hydrogens (tertiary/aromatic N) is 1. The van der Waals surface area contributed by atoms with Crippen LogP contribution in [0.1, 0.15) is 0 Å². The first kappa shape index (κ1) is 14.3. The summed E-state index contributed by atoms with van der Waals surface area (Å²) in [5.74, 6) is -0.535. The number of carbonyl (C=O) groups excluding carboxylic acids is 2. The fourth-order valence-electron chi connectivity index (χ4n) is 0.254. The number of hydrogen-bond donors (Lipinski definition) is 1. The zero-order chi connectivity index (χ0) is 10.4. The summed E-state index contributed by atoms with van der Waals surface area (Å²) in [5, 5.41) is 0. The number of nitrogens with two attached hydrogens (primary N) is 1. The summed E-state index contributed by atoms with van der Waals surface area (Å²) >= 11 is 15.7. The molecule has 0 saturated carbocycles. The first-order chi connectivity index (χ1) is 5.27. The fourth-order valence-corrected chi connectivity index (χ4v) is 0.761. The first-order valence-corrected chi connectivity index (χ1v) is 3.84. The standard InChI is InChI=1S/C4H6Cl3NO.CH3NO/c1-8(2)3(9)4(5,6)7;2-1-3/h1-2H3;1H,(H2,2,3). The molecule has 0 aliphatic heterocycles. The van der Waals surface area contributed by atoms with Gasteiger partial charge in [0.2, 0.25) is 6.41 Å². The summed E-state index contributed by atoms with van der Waals surface area (Å²) in [6.45, 7) is 0. The van der Waals surface area contributed by atoms with Gasteiger partial charge in [0, 0.05) is 14.1 Å². The molecule has 0 radical (unpaired) electrons. The van der Waals surface area contributed by atoms with E-state index in [2.05, 4.69) is 5.73 Å². The Kier molecular flexibility index (Phi) is 7.58. The lowest BCUT2D eigenvalue weighted by molar-refractivity contribution is -0.127.